The predicted molar refractivity (Wildman–Crippen MR) is 123 cm³/mol. The summed E-state index contributed by atoms with van der Waals surface area (Å²) < 4.78 is 74.8. The third-order valence-electron chi connectivity index (χ3n) is 6.64. The molecule has 0 aliphatic carbocycles. The van der Waals surface area contributed by atoms with E-state index in [1.165, 1.54) is 25.1 Å². The van der Waals surface area contributed by atoms with Crippen molar-refractivity contribution in [1.29, 1.82) is 0 Å². The SMILES string of the molecule is Cc1nc(N[C@H](C)c2cccc(C(F)(F)F)c2F)c2cc(OC[C@@H]3CC[C@H](C)N3C)c(F)cc2n1. The van der Waals surface area contributed by atoms with Gasteiger partial charge in [-0.25, -0.2) is 18.7 Å². The van der Waals surface area contributed by atoms with E-state index in [-0.39, 0.29) is 23.2 Å². The number of likely N-dealkylation sites (N-methyl/N-ethyl adjacent to an activating group) is 1. The highest BCUT2D eigenvalue weighted by Crippen LogP contribution is 2.36. The lowest BCUT2D eigenvalue weighted by molar-refractivity contribution is -0.140. The fraction of sp³-hybridized carbons (Fsp3) is 0.440. The van der Waals surface area contributed by atoms with Gasteiger partial charge in [-0.2, -0.15) is 13.2 Å². The molecule has 3 atom stereocenters. The summed E-state index contributed by atoms with van der Waals surface area (Å²) in [5, 5.41) is 3.39. The summed E-state index contributed by atoms with van der Waals surface area (Å²) in [6.45, 7) is 5.58. The van der Waals surface area contributed by atoms with Crippen LogP contribution in [0.5, 0.6) is 5.75 Å². The number of fused-ring (bicyclic) bond motifs is 1. The van der Waals surface area contributed by atoms with Crippen molar-refractivity contribution in [3.8, 4) is 5.75 Å². The van der Waals surface area contributed by atoms with Crippen LogP contribution in [0.2, 0.25) is 0 Å². The summed E-state index contributed by atoms with van der Waals surface area (Å²) in [6.07, 6.45) is -2.83. The number of hydrogen-bond acceptors (Lipinski definition) is 5. The van der Waals surface area contributed by atoms with E-state index >= 15 is 0 Å². The van der Waals surface area contributed by atoms with Gasteiger partial charge in [0.25, 0.3) is 0 Å². The van der Waals surface area contributed by atoms with Crippen molar-refractivity contribution in [3.05, 3.63) is 58.9 Å². The molecule has 4 rings (SSSR count). The number of anilines is 1. The van der Waals surface area contributed by atoms with Crippen LogP contribution in [-0.2, 0) is 6.18 Å². The molecule has 1 fully saturated rings. The topological polar surface area (TPSA) is 50.3 Å². The largest absolute Gasteiger partial charge is 0.489 e. The average Bonchev–Trinajstić information content (AvgIpc) is 3.09. The Kier molecular flexibility index (Phi) is 6.86. The number of likely N-dealkylation sites (tertiary alicyclic amines) is 1. The van der Waals surface area contributed by atoms with Gasteiger partial charge in [-0.1, -0.05) is 12.1 Å². The van der Waals surface area contributed by atoms with Crippen LogP contribution in [0.3, 0.4) is 0 Å². The number of nitrogens with one attached hydrogen (secondary N) is 1. The highest BCUT2D eigenvalue weighted by atomic mass is 19.4. The van der Waals surface area contributed by atoms with E-state index in [0.717, 1.165) is 18.9 Å². The van der Waals surface area contributed by atoms with Crippen molar-refractivity contribution in [3.63, 3.8) is 0 Å². The Hall–Kier alpha value is -3.01. The van der Waals surface area contributed by atoms with Gasteiger partial charge in [-0.15, -0.1) is 0 Å². The lowest BCUT2D eigenvalue weighted by Gasteiger charge is -2.23. The summed E-state index contributed by atoms with van der Waals surface area (Å²) in [6, 6.07) is 5.58. The highest BCUT2D eigenvalue weighted by molar-refractivity contribution is 5.90. The molecule has 0 unspecified atom stereocenters. The van der Waals surface area contributed by atoms with Gasteiger partial charge in [-0.05, 0) is 52.8 Å². The quantitative estimate of drug-likeness (QED) is 0.410. The molecule has 0 bridgehead atoms. The normalized spacial score (nSPS) is 19.8. The minimum atomic E-state index is -4.81. The number of nitrogens with zero attached hydrogens (tertiary/aromatic N) is 3. The zero-order valence-electron chi connectivity index (χ0n) is 19.9. The number of halogens is 5. The predicted octanol–water partition coefficient (Wildman–Crippen LogP) is 6.27. The highest BCUT2D eigenvalue weighted by Gasteiger charge is 2.35. The third kappa shape index (κ3) is 5.17. The number of alkyl halides is 3. The smallest absolute Gasteiger partial charge is 0.419 e. The Bertz CT molecular complexity index is 1230. The molecule has 1 aromatic heterocycles. The molecule has 5 nitrogen and oxygen atoms in total. The van der Waals surface area contributed by atoms with Crippen molar-refractivity contribution in [2.24, 2.45) is 0 Å². The summed E-state index contributed by atoms with van der Waals surface area (Å²) in [7, 11) is 2.01. The van der Waals surface area contributed by atoms with E-state index in [0.29, 0.717) is 35.4 Å². The molecule has 1 aliphatic heterocycles. The van der Waals surface area contributed by atoms with Crippen LogP contribution in [0.1, 0.15) is 49.7 Å². The van der Waals surface area contributed by atoms with E-state index in [1.807, 2.05) is 7.05 Å². The molecule has 2 heterocycles. The van der Waals surface area contributed by atoms with Gasteiger partial charge < -0.3 is 10.1 Å². The molecule has 1 saturated heterocycles. The zero-order valence-corrected chi connectivity index (χ0v) is 19.9. The van der Waals surface area contributed by atoms with Crippen molar-refractivity contribution in [1.82, 2.24) is 14.9 Å². The van der Waals surface area contributed by atoms with Gasteiger partial charge in [0.05, 0.1) is 17.1 Å². The van der Waals surface area contributed by atoms with Crippen LogP contribution in [-0.4, -0.2) is 40.6 Å². The Labute approximate surface area is 200 Å². The molecule has 0 spiro atoms. The molecule has 188 valence electrons. The second-order valence-corrected chi connectivity index (χ2v) is 9.05. The zero-order chi connectivity index (χ0) is 25.5. The monoisotopic (exact) mass is 494 g/mol. The van der Waals surface area contributed by atoms with E-state index in [2.05, 4.69) is 27.1 Å². The van der Waals surface area contributed by atoms with Crippen molar-refractivity contribution in [2.75, 3.05) is 19.0 Å². The van der Waals surface area contributed by atoms with E-state index in [9.17, 15) is 22.0 Å². The van der Waals surface area contributed by atoms with Crippen molar-refractivity contribution >= 4 is 16.7 Å². The van der Waals surface area contributed by atoms with Crippen LogP contribution < -0.4 is 10.1 Å². The number of rotatable bonds is 6. The summed E-state index contributed by atoms with van der Waals surface area (Å²) in [5.41, 5.74) is -1.20. The van der Waals surface area contributed by atoms with Crippen LogP contribution in [0.4, 0.5) is 27.8 Å². The summed E-state index contributed by atoms with van der Waals surface area (Å²) in [4.78, 5) is 10.8. The van der Waals surface area contributed by atoms with Gasteiger partial charge in [0.2, 0.25) is 0 Å². The molecule has 3 aromatic rings. The molecular weight excluding hydrogens is 467 g/mol. The number of aryl methyl sites for hydroxylation is 1. The first-order valence-electron chi connectivity index (χ1n) is 11.4. The second kappa shape index (κ2) is 9.56. The Morgan fingerprint density at radius 1 is 1.17 bits per heavy atom. The standard InChI is InChI=1S/C25H27F5N4O/c1-13-8-9-16(34(13)4)12-35-22-10-18-21(11-20(22)26)32-15(3)33-24(18)31-14(2)17-6-5-7-19(23(17)27)25(28,29)30/h5-7,10-11,13-14,16H,8-9,12H2,1-4H3,(H,31,32,33)/t13-,14+,16-/m0/s1. The fourth-order valence-corrected chi connectivity index (χ4v) is 4.44. The molecule has 2 aromatic carbocycles. The molecule has 35 heavy (non-hydrogen) atoms. The van der Waals surface area contributed by atoms with Gasteiger partial charge in [-0.3, -0.25) is 4.90 Å². The maximum Gasteiger partial charge on any atom is 0.419 e. The Balaban J connectivity index is 1.64. The van der Waals surface area contributed by atoms with Crippen LogP contribution in [0.25, 0.3) is 10.9 Å². The molecule has 10 heteroatoms. The number of hydrogen-bond donors (Lipinski definition) is 1. The summed E-state index contributed by atoms with van der Waals surface area (Å²) >= 11 is 0. The number of benzene rings is 2. The number of aromatic nitrogens is 2. The van der Waals surface area contributed by atoms with E-state index < -0.39 is 29.4 Å². The van der Waals surface area contributed by atoms with Gasteiger partial charge >= 0.3 is 6.18 Å². The molecular formula is C25H27F5N4O. The maximum absolute atomic E-state index is 14.8. The molecule has 0 radical (unpaired) electrons. The second-order valence-electron chi connectivity index (χ2n) is 9.05. The molecule has 1 N–H and O–H groups in total. The first-order valence-corrected chi connectivity index (χ1v) is 11.4. The Morgan fingerprint density at radius 3 is 2.57 bits per heavy atom. The molecule has 1 aliphatic rings. The third-order valence-corrected chi connectivity index (χ3v) is 6.64. The first-order chi connectivity index (χ1) is 16.5. The van der Waals surface area contributed by atoms with Crippen LogP contribution in [0.15, 0.2) is 30.3 Å². The minimum Gasteiger partial charge on any atom is -0.489 e. The molecule has 0 amide bonds. The fourth-order valence-electron chi connectivity index (χ4n) is 4.44. The average molecular weight is 495 g/mol. The van der Waals surface area contributed by atoms with Crippen LogP contribution in [0, 0.1) is 18.6 Å². The van der Waals surface area contributed by atoms with E-state index in [4.69, 9.17) is 4.74 Å². The molecule has 0 saturated carbocycles. The van der Waals surface area contributed by atoms with Gasteiger partial charge in [0.15, 0.2) is 11.6 Å². The van der Waals surface area contributed by atoms with Gasteiger partial charge in [0, 0.05) is 29.1 Å². The van der Waals surface area contributed by atoms with Crippen molar-refractivity contribution in [2.45, 2.75) is 57.9 Å². The minimum absolute atomic E-state index is 0.0267. The lowest BCUT2D eigenvalue weighted by Crippen LogP contribution is -2.34. The van der Waals surface area contributed by atoms with Crippen LogP contribution >= 0.6 is 0 Å². The first kappa shape index (κ1) is 25.1. The Morgan fingerprint density at radius 2 is 1.91 bits per heavy atom. The maximum atomic E-state index is 14.8. The van der Waals surface area contributed by atoms with E-state index in [1.54, 1.807) is 6.92 Å². The summed E-state index contributed by atoms with van der Waals surface area (Å²) in [5.74, 6) is -1.33. The van der Waals surface area contributed by atoms with Crippen molar-refractivity contribution < 1.29 is 26.7 Å². The number of ether oxygens (including phenoxy) is 1. The lowest BCUT2D eigenvalue weighted by atomic mass is 10.0. The van der Waals surface area contributed by atoms with Gasteiger partial charge in [0.1, 0.15) is 24.1 Å².